The van der Waals surface area contributed by atoms with Gasteiger partial charge < -0.3 is 4.74 Å². The maximum Gasteiger partial charge on any atom is 0.238 e. The van der Waals surface area contributed by atoms with Gasteiger partial charge in [-0.3, -0.25) is 9.69 Å². The van der Waals surface area contributed by atoms with E-state index in [-0.39, 0.29) is 11.3 Å². The van der Waals surface area contributed by atoms with E-state index in [1.165, 1.54) is 10.8 Å². The summed E-state index contributed by atoms with van der Waals surface area (Å²) in [7, 11) is 0. The van der Waals surface area contributed by atoms with Crippen LogP contribution in [0.3, 0.4) is 0 Å². The van der Waals surface area contributed by atoms with Crippen LogP contribution >= 0.6 is 23.4 Å². The van der Waals surface area contributed by atoms with Crippen LogP contribution in [0.4, 0.5) is 5.69 Å². The molecule has 1 atom stereocenters. The highest BCUT2D eigenvalue weighted by Gasteiger charge is 2.34. The molecule has 0 N–H and O–H groups in total. The van der Waals surface area contributed by atoms with Gasteiger partial charge in [0.05, 0.1) is 5.75 Å². The molecular formula is C26H20ClNO2S. The lowest BCUT2D eigenvalue weighted by molar-refractivity contribution is -0.115. The monoisotopic (exact) mass is 445 g/mol. The average Bonchev–Trinajstić information content (AvgIpc) is 3.20. The van der Waals surface area contributed by atoms with E-state index < -0.39 is 0 Å². The van der Waals surface area contributed by atoms with E-state index in [9.17, 15) is 4.79 Å². The number of amides is 1. The van der Waals surface area contributed by atoms with Crippen LogP contribution in [0.5, 0.6) is 5.75 Å². The zero-order chi connectivity index (χ0) is 21.2. The Hall–Kier alpha value is -2.95. The van der Waals surface area contributed by atoms with Crippen LogP contribution in [-0.4, -0.2) is 11.7 Å². The van der Waals surface area contributed by atoms with Crippen molar-refractivity contribution in [3.63, 3.8) is 0 Å². The SMILES string of the molecule is O=C1CS[C@@H](c2cccc(OCc3cccc4ccccc34)c2)N1c1ccc(Cl)cc1. The van der Waals surface area contributed by atoms with Crippen molar-refractivity contribution in [2.45, 2.75) is 12.0 Å². The van der Waals surface area contributed by atoms with Crippen molar-refractivity contribution in [3.05, 3.63) is 107 Å². The highest BCUT2D eigenvalue weighted by atomic mass is 35.5. The highest BCUT2D eigenvalue weighted by molar-refractivity contribution is 8.00. The number of ether oxygens (including phenoxy) is 1. The van der Waals surface area contributed by atoms with Gasteiger partial charge in [0.2, 0.25) is 5.91 Å². The van der Waals surface area contributed by atoms with Crippen LogP contribution in [0.25, 0.3) is 10.8 Å². The summed E-state index contributed by atoms with van der Waals surface area (Å²) in [5, 5.41) is 2.97. The van der Waals surface area contributed by atoms with Gasteiger partial charge in [-0.15, -0.1) is 11.8 Å². The second-order valence-corrected chi connectivity index (χ2v) is 8.91. The minimum atomic E-state index is -0.0882. The van der Waals surface area contributed by atoms with Crippen LogP contribution in [0, 0.1) is 0 Å². The van der Waals surface area contributed by atoms with Crippen LogP contribution in [0.15, 0.2) is 91.0 Å². The van der Waals surface area contributed by atoms with E-state index >= 15 is 0 Å². The number of benzene rings is 4. The average molecular weight is 446 g/mol. The number of thioether (sulfide) groups is 1. The summed E-state index contributed by atoms with van der Waals surface area (Å²) >= 11 is 7.65. The van der Waals surface area contributed by atoms with Crippen molar-refractivity contribution in [2.75, 3.05) is 10.7 Å². The molecule has 1 saturated heterocycles. The Morgan fingerprint density at radius 3 is 2.58 bits per heavy atom. The van der Waals surface area contributed by atoms with Crippen molar-refractivity contribution in [3.8, 4) is 5.75 Å². The molecule has 1 heterocycles. The number of fused-ring (bicyclic) bond motifs is 1. The fourth-order valence-electron chi connectivity index (χ4n) is 3.89. The molecule has 0 spiro atoms. The summed E-state index contributed by atoms with van der Waals surface area (Å²) in [6.07, 6.45) is 0. The third-order valence-electron chi connectivity index (χ3n) is 5.39. The Labute approximate surface area is 190 Å². The van der Waals surface area contributed by atoms with Crippen LogP contribution in [0.1, 0.15) is 16.5 Å². The van der Waals surface area contributed by atoms with Crippen LogP contribution in [-0.2, 0) is 11.4 Å². The highest BCUT2D eigenvalue weighted by Crippen LogP contribution is 2.42. The third-order valence-corrected chi connectivity index (χ3v) is 6.85. The molecule has 31 heavy (non-hydrogen) atoms. The molecule has 4 aromatic rings. The molecular weight excluding hydrogens is 426 g/mol. The van der Waals surface area contributed by atoms with Crippen molar-refractivity contribution >= 4 is 45.7 Å². The fraction of sp³-hybridized carbons (Fsp3) is 0.115. The van der Waals surface area contributed by atoms with E-state index in [0.717, 1.165) is 22.6 Å². The zero-order valence-electron chi connectivity index (χ0n) is 16.7. The van der Waals surface area contributed by atoms with Gasteiger partial charge in [0.1, 0.15) is 17.7 Å². The van der Waals surface area contributed by atoms with Gasteiger partial charge in [0, 0.05) is 10.7 Å². The molecule has 1 fully saturated rings. The van der Waals surface area contributed by atoms with Gasteiger partial charge in [0.15, 0.2) is 0 Å². The molecule has 5 heteroatoms. The molecule has 1 amide bonds. The lowest BCUT2D eigenvalue weighted by Gasteiger charge is -2.24. The molecule has 0 bridgehead atoms. The smallest absolute Gasteiger partial charge is 0.238 e. The van der Waals surface area contributed by atoms with E-state index in [4.69, 9.17) is 16.3 Å². The largest absolute Gasteiger partial charge is 0.489 e. The number of carbonyl (C=O) groups excluding carboxylic acids is 1. The molecule has 0 unspecified atom stereocenters. The first-order chi connectivity index (χ1) is 15.2. The first kappa shape index (κ1) is 20.0. The van der Waals surface area contributed by atoms with Crippen LogP contribution < -0.4 is 9.64 Å². The number of hydrogen-bond acceptors (Lipinski definition) is 3. The molecule has 1 aliphatic heterocycles. The van der Waals surface area contributed by atoms with Crippen molar-refractivity contribution in [1.82, 2.24) is 0 Å². The molecule has 3 nitrogen and oxygen atoms in total. The Kier molecular flexibility index (Phi) is 5.58. The van der Waals surface area contributed by atoms with Gasteiger partial charge in [-0.25, -0.2) is 0 Å². The molecule has 0 radical (unpaired) electrons. The predicted octanol–water partition coefficient (Wildman–Crippen LogP) is 6.85. The van der Waals surface area contributed by atoms with E-state index in [2.05, 4.69) is 30.3 Å². The Morgan fingerprint density at radius 2 is 1.71 bits per heavy atom. The van der Waals surface area contributed by atoms with Gasteiger partial charge >= 0.3 is 0 Å². The molecule has 0 saturated carbocycles. The molecule has 4 aromatic carbocycles. The molecule has 0 aliphatic carbocycles. The summed E-state index contributed by atoms with van der Waals surface area (Å²) < 4.78 is 6.15. The first-order valence-corrected chi connectivity index (χ1v) is 11.5. The second-order valence-electron chi connectivity index (χ2n) is 7.40. The quantitative estimate of drug-likeness (QED) is 0.336. The normalized spacial score (nSPS) is 16.1. The van der Waals surface area contributed by atoms with Crippen LogP contribution in [0.2, 0.25) is 5.02 Å². The van der Waals surface area contributed by atoms with Gasteiger partial charge in [-0.2, -0.15) is 0 Å². The number of halogens is 1. The summed E-state index contributed by atoms with van der Waals surface area (Å²) in [4.78, 5) is 14.4. The molecule has 1 aliphatic rings. The number of nitrogens with zero attached hydrogens (tertiary/aromatic N) is 1. The van der Waals surface area contributed by atoms with Gasteiger partial charge in [0.25, 0.3) is 0 Å². The number of rotatable bonds is 5. The van der Waals surface area contributed by atoms with E-state index in [0.29, 0.717) is 17.4 Å². The fourth-order valence-corrected chi connectivity index (χ4v) is 5.18. The lowest BCUT2D eigenvalue weighted by atomic mass is 10.1. The summed E-state index contributed by atoms with van der Waals surface area (Å²) in [6.45, 7) is 0.489. The van der Waals surface area contributed by atoms with Crippen molar-refractivity contribution in [1.29, 1.82) is 0 Å². The summed E-state index contributed by atoms with van der Waals surface area (Å²) in [5.74, 6) is 1.34. The second kappa shape index (κ2) is 8.66. The molecule has 154 valence electrons. The summed E-state index contributed by atoms with van der Waals surface area (Å²) in [6, 6.07) is 30.0. The Balaban J connectivity index is 1.38. The zero-order valence-corrected chi connectivity index (χ0v) is 18.3. The Morgan fingerprint density at radius 1 is 0.935 bits per heavy atom. The van der Waals surface area contributed by atoms with E-state index in [1.54, 1.807) is 11.8 Å². The Bertz CT molecular complexity index is 1240. The number of anilines is 1. The maximum atomic E-state index is 12.6. The van der Waals surface area contributed by atoms with Gasteiger partial charge in [-0.1, -0.05) is 66.2 Å². The molecule has 0 aromatic heterocycles. The van der Waals surface area contributed by atoms with Gasteiger partial charge in [-0.05, 0) is 58.3 Å². The standard InChI is InChI=1S/C26H20ClNO2S/c27-21-11-13-22(14-12-21)28-25(29)17-31-26(28)19-7-4-9-23(15-19)30-16-20-8-3-6-18-5-1-2-10-24(18)20/h1-15,26H,16-17H2/t26-/m0/s1. The topological polar surface area (TPSA) is 29.5 Å². The molecule has 5 rings (SSSR count). The summed E-state index contributed by atoms with van der Waals surface area (Å²) in [5.41, 5.74) is 3.05. The lowest BCUT2D eigenvalue weighted by Crippen LogP contribution is -2.27. The number of hydrogen-bond donors (Lipinski definition) is 0. The predicted molar refractivity (Wildman–Crippen MR) is 129 cm³/mol. The van der Waals surface area contributed by atoms with Crippen molar-refractivity contribution in [2.24, 2.45) is 0 Å². The number of carbonyl (C=O) groups is 1. The van der Waals surface area contributed by atoms with E-state index in [1.807, 2.05) is 65.6 Å². The minimum absolute atomic E-state index is 0.0882. The maximum absolute atomic E-state index is 12.6. The van der Waals surface area contributed by atoms with Crippen molar-refractivity contribution < 1.29 is 9.53 Å². The first-order valence-electron chi connectivity index (χ1n) is 10.1. The minimum Gasteiger partial charge on any atom is -0.489 e. The third kappa shape index (κ3) is 4.14.